The first kappa shape index (κ1) is 21.3. The van der Waals surface area contributed by atoms with Crippen LogP contribution in [0.3, 0.4) is 0 Å². The van der Waals surface area contributed by atoms with Crippen molar-refractivity contribution in [3.63, 3.8) is 0 Å². The number of amides is 1. The summed E-state index contributed by atoms with van der Waals surface area (Å²) in [6.07, 6.45) is 2.03. The molecule has 4 rings (SSSR count). The number of nitrogens with one attached hydrogen (secondary N) is 1. The summed E-state index contributed by atoms with van der Waals surface area (Å²) in [6, 6.07) is 26.7. The number of carbonyl (C=O) groups is 1. The number of aromatic nitrogens is 3. The lowest BCUT2D eigenvalue weighted by Gasteiger charge is -2.10. The van der Waals surface area contributed by atoms with E-state index in [4.69, 9.17) is 0 Å². The predicted molar refractivity (Wildman–Crippen MR) is 125 cm³/mol. The van der Waals surface area contributed by atoms with Crippen LogP contribution in [0.2, 0.25) is 0 Å². The van der Waals surface area contributed by atoms with Gasteiger partial charge in [-0.2, -0.15) is 5.10 Å². The molecule has 32 heavy (non-hydrogen) atoms. The molecular weight excluding hydrogens is 422 g/mol. The largest absolute Gasteiger partial charge is 0.507 e. The van der Waals surface area contributed by atoms with Gasteiger partial charge in [-0.15, -0.1) is 10.2 Å². The van der Waals surface area contributed by atoms with Crippen molar-refractivity contribution in [1.29, 1.82) is 0 Å². The Morgan fingerprint density at radius 1 is 0.969 bits per heavy atom. The molecular formula is C24H21N5O2S. The van der Waals surface area contributed by atoms with E-state index in [9.17, 15) is 9.90 Å². The zero-order chi connectivity index (χ0) is 22.2. The molecule has 160 valence electrons. The summed E-state index contributed by atoms with van der Waals surface area (Å²) < 4.78 is 1.97. The van der Waals surface area contributed by atoms with Crippen LogP contribution in [0.5, 0.6) is 5.75 Å². The first-order valence-corrected chi connectivity index (χ1v) is 11.0. The van der Waals surface area contributed by atoms with Crippen LogP contribution in [0, 0.1) is 0 Å². The normalized spacial score (nSPS) is 11.0. The molecule has 0 atom stereocenters. The van der Waals surface area contributed by atoms with Crippen molar-refractivity contribution in [3.8, 4) is 11.4 Å². The van der Waals surface area contributed by atoms with Crippen molar-refractivity contribution in [1.82, 2.24) is 20.2 Å². The lowest BCUT2D eigenvalue weighted by atomic mass is 10.1. The van der Waals surface area contributed by atoms with Gasteiger partial charge in [0.1, 0.15) is 11.6 Å². The summed E-state index contributed by atoms with van der Waals surface area (Å²) >= 11 is 1.28. The van der Waals surface area contributed by atoms with E-state index in [1.807, 2.05) is 65.2 Å². The quantitative estimate of drug-likeness (QED) is 0.245. The molecule has 1 amide bonds. The van der Waals surface area contributed by atoms with Gasteiger partial charge in [-0.3, -0.25) is 9.36 Å². The van der Waals surface area contributed by atoms with Crippen LogP contribution in [-0.2, 0) is 11.2 Å². The number of phenolic OH excluding ortho intramolecular Hbond substituents is 1. The van der Waals surface area contributed by atoms with Crippen LogP contribution < -0.4 is 5.43 Å². The third-order valence-electron chi connectivity index (χ3n) is 4.58. The number of hydrogen-bond acceptors (Lipinski definition) is 6. The number of hydrazone groups is 1. The van der Waals surface area contributed by atoms with Gasteiger partial charge >= 0.3 is 0 Å². The van der Waals surface area contributed by atoms with Crippen LogP contribution in [0.4, 0.5) is 0 Å². The number of aromatic hydroxyl groups is 1. The van der Waals surface area contributed by atoms with Crippen LogP contribution in [0.25, 0.3) is 5.69 Å². The molecule has 0 aliphatic rings. The molecule has 7 nitrogen and oxygen atoms in total. The highest BCUT2D eigenvalue weighted by atomic mass is 32.2. The van der Waals surface area contributed by atoms with Crippen LogP contribution in [-0.4, -0.2) is 37.7 Å². The number of thioether (sulfide) groups is 1. The zero-order valence-corrected chi connectivity index (χ0v) is 17.9. The smallest absolute Gasteiger partial charge is 0.250 e. The van der Waals surface area contributed by atoms with E-state index in [0.29, 0.717) is 17.1 Å². The molecule has 1 aromatic heterocycles. The highest BCUT2D eigenvalue weighted by Gasteiger charge is 2.16. The zero-order valence-electron chi connectivity index (χ0n) is 17.1. The Morgan fingerprint density at radius 3 is 2.41 bits per heavy atom. The maximum atomic E-state index is 12.3. The molecule has 0 saturated heterocycles. The Labute approximate surface area is 189 Å². The molecule has 0 fully saturated rings. The summed E-state index contributed by atoms with van der Waals surface area (Å²) in [6.45, 7) is 0. The first-order valence-electron chi connectivity index (χ1n) is 9.97. The topological polar surface area (TPSA) is 92.4 Å². The second kappa shape index (κ2) is 10.4. The molecule has 2 N–H and O–H groups in total. The molecule has 8 heteroatoms. The molecule has 0 spiro atoms. The molecule has 1 heterocycles. The Kier molecular flexibility index (Phi) is 6.94. The van der Waals surface area contributed by atoms with Crippen LogP contribution in [0.1, 0.15) is 17.0 Å². The van der Waals surface area contributed by atoms with Gasteiger partial charge in [0, 0.05) is 17.7 Å². The standard InChI is InChI=1S/C24H21N5O2S/c30-21-14-8-7-11-19(21)16-25-27-23(31)17-32-24-28-26-22(15-18-9-3-1-4-10-18)29(24)20-12-5-2-6-13-20/h1-14,16,30H,15,17H2,(H,27,31). The van der Waals surface area contributed by atoms with Gasteiger partial charge in [0.15, 0.2) is 5.16 Å². The highest BCUT2D eigenvalue weighted by Crippen LogP contribution is 2.23. The fourth-order valence-corrected chi connectivity index (χ4v) is 3.82. The molecule has 0 aliphatic heterocycles. The number of carbonyl (C=O) groups excluding carboxylic acids is 1. The average Bonchev–Trinajstić information content (AvgIpc) is 3.22. The van der Waals surface area contributed by atoms with Crippen molar-refractivity contribution in [2.75, 3.05) is 5.75 Å². The summed E-state index contributed by atoms with van der Waals surface area (Å²) in [7, 11) is 0. The minimum atomic E-state index is -0.283. The molecule has 4 aromatic rings. The number of benzene rings is 3. The molecule has 3 aromatic carbocycles. The van der Waals surface area contributed by atoms with Crippen molar-refractivity contribution >= 4 is 23.9 Å². The van der Waals surface area contributed by atoms with Gasteiger partial charge in [-0.1, -0.05) is 72.4 Å². The van der Waals surface area contributed by atoms with Crippen molar-refractivity contribution in [2.45, 2.75) is 11.6 Å². The molecule has 0 radical (unpaired) electrons. The number of para-hydroxylation sites is 2. The van der Waals surface area contributed by atoms with E-state index in [1.54, 1.807) is 24.3 Å². The lowest BCUT2D eigenvalue weighted by Crippen LogP contribution is -2.20. The van der Waals surface area contributed by atoms with Crippen molar-refractivity contribution in [2.24, 2.45) is 5.10 Å². The summed E-state index contributed by atoms with van der Waals surface area (Å²) in [5, 5.41) is 23.0. The second-order valence-electron chi connectivity index (χ2n) is 6.87. The van der Waals surface area contributed by atoms with Crippen molar-refractivity contribution in [3.05, 3.63) is 102 Å². The molecule has 0 aliphatic carbocycles. The Balaban J connectivity index is 1.46. The number of rotatable bonds is 8. The summed E-state index contributed by atoms with van der Waals surface area (Å²) in [5.41, 5.74) is 5.06. The van der Waals surface area contributed by atoms with Gasteiger partial charge in [0.2, 0.25) is 0 Å². The first-order chi connectivity index (χ1) is 15.7. The maximum Gasteiger partial charge on any atom is 0.250 e. The van der Waals surface area contributed by atoms with Crippen molar-refractivity contribution < 1.29 is 9.90 Å². The van der Waals surface area contributed by atoms with Gasteiger partial charge in [0.05, 0.1) is 12.0 Å². The Hall–Kier alpha value is -3.91. The molecule has 0 unspecified atom stereocenters. The predicted octanol–water partition coefficient (Wildman–Crippen LogP) is 3.81. The number of hydrogen-bond donors (Lipinski definition) is 2. The lowest BCUT2D eigenvalue weighted by molar-refractivity contribution is -0.118. The van der Waals surface area contributed by atoms with Crippen LogP contribution in [0.15, 0.2) is 95.2 Å². The van der Waals surface area contributed by atoms with Crippen LogP contribution >= 0.6 is 11.8 Å². The fourth-order valence-electron chi connectivity index (χ4n) is 3.06. The minimum absolute atomic E-state index is 0.0989. The number of nitrogens with zero attached hydrogens (tertiary/aromatic N) is 4. The number of phenols is 1. The Bertz CT molecular complexity index is 1210. The van der Waals surface area contributed by atoms with Gasteiger partial charge in [-0.25, -0.2) is 5.43 Å². The minimum Gasteiger partial charge on any atom is -0.507 e. The third kappa shape index (κ3) is 5.41. The highest BCUT2D eigenvalue weighted by molar-refractivity contribution is 7.99. The van der Waals surface area contributed by atoms with E-state index in [2.05, 4.69) is 20.7 Å². The van der Waals surface area contributed by atoms with Gasteiger partial charge in [0.25, 0.3) is 5.91 Å². The SMILES string of the molecule is O=C(CSc1nnc(Cc2ccccc2)n1-c1ccccc1)NN=Cc1ccccc1O. The van der Waals surface area contributed by atoms with E-state index >= 15 is 0 Å². The summed E-state index contributed by atoms with van der Waals surface area (Å²) in [5.74, 6) is 0.729. The van der Waals surface area contributed by atoms with Gasteiger partial charge in [-0.05, 0) is 29.8 Å². The monoisotopic (exact) mass is 443 g/mol. The Morgan fingerprint density at radius 2 is 1.66 bits per heavy atom. The van der Waals surface area contributed by atoms with E-state index in [-0.39, 0.29) is 17.4 Å². The average molecular weight is 444 g/mol. The van der Waals surface area contributed by atoms with E-state index in [1.165, 1.54) is 18.0 Å². The summed E-state index contributed by atoms with van der Waals surface area (Å²) in [4.78, 5) is 12.3. The molecule has 0 bridgehead atoms. The maximum absolute atomic E-state index is 12.3. The molecule has 0 saturated carbocycles. The second-order valence-corrected chi connectivity index (χ2v) is 7.82. The van der Waals surface area contributed by atoms with E-state index in [0.717, 1.165) is 17.1 Å². The van der Waals surface area contributed by atoms with Gasteiger partial charge < -0.3 is 5.11 Å². The fraction of sp³-hybridized carbons (Fsp3) is 0.0833. The third-order valence-corrected chi connectivity index (χ3v) is 5.51. The van der Waals surface area contributed by atoms with E-state index < -0.39 is 0 Å².